The molecule has 0 aliphatic carbocycles. The van der Waals surface area contributed by atoms with E-state index >= 15 is 0 Å². The predicted molar refractivity (Wildman–Crippen MR) is 83.0 cm³/mol. The maximum absolute atomic E-state index is 5.74. The first kappa shape index (κ1) is 15.4. The molecule has 5 heteroatoms. The smallest absolute Gasteiger partial charge is 0.0701 e. The molecular formula is C14H22BrNO2S. The van der Waals surface area contributed by atoms with E-state index in [4.69, 9.17) is 9.47 Å². The van der Waals surface area contributed by atoms with Crippen LogP contribution in [0.15, 0.2) is 15.9 Å². The Labute approximate surface area is 127 Å². The lowest BCUT2D eigenvalue weighted by Gasteiger charge is -2.37. The fourth-order valence-corrected chi connectivity index (χ4v) is 4.25. The Morgan fingerprint density at radius 2 is 2.42 bits per heavy atom. The van der Waals surface area contributed by atoms with Crippen LogP contribution in [0.25, 0.3) is 0 Å². The zero-order valence-corrected chi connectivity index (χ0v) is 13.8. The standard InChI is InChI=1S/C14H22BrNO2S/c1-17-8-6-16-10-14(5-2-7-18-11-14)9-12-3-4-13(15)19-12/h3-4,16H,2,5-11H2,1H3. The first-order valence-corrected chi connectivity index (χ1v) is 8.37. The summed E-state index contributed by atoms with van der Waals surface area (Å²) in [5.41, 5.74) is 0.246. The molecule has 0 radical (unpaired) electrons. The van der Waals surface area contributed by atoms with Crippen molar-refractivity contribution < 1.29 is 9.47 Å². The number of methoxy groups -OCH3 is 1. The molecule has 0 saturated carbocycles. The Morgan fingerprint density at radius 3 is 3.05 bits per heavy atom. The first-order valence-electron chi connectivity index (χ1n) is 6.76. The van der Waals surface area contributed by atoms with E-state index in [2.05, 4.69) is 33.4 Å². The molecule has 0 aromatic carbocycles. The summed E-state index contributed by atoms with van der Waals surface area (Å²) in [6.07, 6.45) is 3.50. The zero-order chi connectivity index (χ0) is 13.6. The quantitative estimate of drug-likeness (QED) is 0.768. The van der Waals surface area contributed by atoms with Crippen molar-refractivity contribution in [3.8, 4) is 0 Å². The van der Waals surface area contributed by atoms with E-state index < -0.39 is 0 Å². The molecule has 1 N–H and O–H groups in total. The van der Waals surface area contributed by atoms with Crippen molar-refractivity contribution in [1.82, 2.24) is 5.32 Å². The van der Waals surface area contributed by atoms with Gasteiger partial charge in [-0.1, -0.05) is 0 Å². The van der Waals surface area contributed by atoms with Gasteiger partial charge >= 0.3 is 0 Å². The highest BCUT2D eigenvalue weighted by atomic mass is 79.9. The zero-order valence-electron chi connectivity index (χ0n) is 11.4. The van der Waals surface area contributed by atoms with Gasteiger partial charge in [0.05, 0.1) is 17.0 Å². The highest BCUT2D eigenvalue weighted by Crippen LogP contribution is 2.35. The summed E-state index contributed by atoms with van der Waals surface area (Å²) in [5, 5.41) is 3.51. The lowest BCUT2D eigenvalue weighted by atomic mass is 9.79. The molecule has 0 spiro atoms. The number of halogens is 1. The molecule has 1 aliphatic heterocycles. The lowest BCUT2D eigenvalue weighted by Crippen LogP contribution is -2.43. The van der Waals surface area contributed by atoms with Crippen molar-refractivity contribution in [2.45, 2.75) is 19.3 Å². The number of thiophene rings is 1. The largest absolute Gasteiger partial charge is 0.383 e. The van der Waals surface area contributed by atoms with Gasteiger partial charge in [-0.05, 0) is 47.3 Å². The van der Waals surface area contributed by atoms with Crippen LogP contribution in [-0.2, 0) is 15.9 Å². The second-order valence-electron chi connectivity index (χ2n) is 5.21. The molecule has 2 heterocycles. The molecule has 3 nitrogen and oxygen atoms in total. The van der Waals surface area contributed by atoms with Crippen molar-refractivity contribution >= 4 is 27.3 Å². The van der Waals surface area contributed by atoms with E-state index in [9.17, 15) is 0 Å². The first-order chi connectivity index (χ1) is 9.24. The molecule has 1 unspecified atom stereocenters. The van der Waals surface area contributed by atoms with Gasteiger partial charge in [-0.2, -0.15) is 0 Å². The fourth-order valence-electron chi connectivity index (χ4n) is 2.60. The Kier molecular flexibility index (Phi) is 6.29. The van der Waals surface area contributed by atoms with Gasteiger partial charge in [0.2, 0.25) is 0 Å². The van der Waals surface area contributed by atoms with Gasteiger partial charge in [0.1, 0.15) is 0 Å². The molecule has 1 fully saturated rings. The fraction of sp³-hybridized carbons (Fsp3) is 0.714. The van der Waals surface area contributed by atoms with E-state index in [1.807, 2.05) is 11.3 Å². The molecule has 19 heavy (non-hydrogen) atoms. The number of hydrogen-bond acceptors (Lipinski definition) is 4. The second kappa shape index (κ2) is 7.74. The molecule has 1 aromatic rings. The molecule has 1 atom stereocenters. The van der Waals surface area contributed by atoms with Gasteiger partial charge in [0.25, 0.3) is 0 Å². The van der Waals surface area contributed by atoms with Crippen LogP contribution in [0.4, 0.5) is 0 Å². The van der Waals surface area contributed by atoms with Crippen molar-refractivity contribution in [1.29, 1.82) is 0 Å². The van der Waals surface area contributed by atoms with Gasteiger partial charge in [-0.25, -0.2) is 0 Å². The molecule has 108 valence electrons. The van der Waals surface area contributed by atoms with E-state index in [-0.39, 0.29) is 5.41 Å². The van der Waals surface area contributed by atoms with E-state index in [0.717, 1.165) is 39.3 Å². The van der Waals surface area contributed by atoms with Gasteiger partial charge in [0.15, 0.2) is 0 Å². The summed E-state index contributed by atoms with van der Waals surface area (Å²) in [5.74, 6) is 0. The third-order valence-electron chi connectivity index (χ3n) is 3.57. The van der Waals surface area contributed by atoms with Crippen LogP contribution in [0, 0.1) is 5.41 Å². The Hall–Kier alpha value is 0.0600. The summed E-state index contributed by atoms with van der Waals surface area (Å²) in [6, 6.07) is 4.36. The summed E-state index contributed by atoms with van der Waals surface area (Å²) >= 11 is 5.38. The molecular weight excluding hydrogens is 326 g/mol. The maximum atomic E-state index is 5.74. The van der Waals surface area contributed by atoms with E-state index in [0.29, 0.717) is 0 Å². The van der Waals surface area contributed by atoms with Crippen molar-refractivity contribution in [3.63, 3.8) is 0 Å². The number of ether oxygens (including phenoxy) is 2. The second-order valence-corrected chi connectivity index (χ2v) is 7.76. The highest BCUT2D eigenvalue weighted by Gasteiger charge is 2.33. The van der Waals surface area contributed by atoms with Gasteiger partial charge < -0.3 is 14.8 Å². The monoisotopic (exact) mass is 347 g/mol. The van der Waals surface area contributed by atoms with Crippen molar-refractivity contribution in [2.75, 3.05) is 40.0 Å². The Balaban J connectivity index is 1.93. The Morgan fingerprint density at radius 1 is 1.53 bits per heavy atom. The van der Waals surface area contributed by atoms with Crippen LogP contribution < -0.4 is 5.32 Å². The minimum atomic E-state index is 0.246. The summed E-state index contributed by atoms with van der Waals surface area (Å²) < 4.78 is 12.0. The highest BCUT2D eigenvalue weighted by molar-refractivity contribution is 9.11. The molecule has 2 rings (SSSR count). The van der Waals surface area contributed by atoms with Crippen LogP contribution in [0.5, 0.6) is 0 Å². The topological polar surface area (TPSA) is 30.5 Å². The van der Waals surface area contributed by atoms with Crippen LogP contribution in [0.2, 0.25) is 0 Å². The average Bonchev–Trinajstić information content (AvgIpc) is 2.81. The third-order valence-corrected chi connectivity index (χ3v) is 5.19. The SMILES string of the molecule is COCCNCC1(Cc2ccc(Br)s2)CCCOC1. The minimum absolute atomic E-state index is 0.246. The predicted octanol–water partition coefficient (Wildman–Crippen LogP) is 3.09. The van der Waals surface area contributed by atoms with Gasteiger partial charge in [0, 0.05) is 37.1 Å². The maximum Gasteiger partial charge on any atom is 0.0701 e. The minimum Gasteiger partial charge on any atom is -0.383 e. The average molecular weight is 348 g/mol. The van der Waals surface area contributed by atoms with Crippen LogP contribution in [0.1, 0.15) is 17.7 Å². The van der Waals surface area contributed by atoms with Gasteiger partial charge in [-0.15, -0.1) is 11.3 Å². The van der Waals surface area contributed by atoms with Crippen LogP contribution >= 0.6 is 27.3 Å². The van der Waals surface area contributed by atoms with Crippen LogP contribution in [-0.4, -0.2) is 40.0 Å². The summed E-state index contributed by atoms with van der Waals surface area (Å²) in [4.78, 5) is 1.44. The summed E-state index contributed by atoms with van der Waals surface area (Å²) in [6.45, 7) is 4.45. The van der Waals surface area contributed by atoms with E-state index in [1.54, 1.807) is 7.11 Å². The lowest BCUT2D eigenvalue weighted by molar-refractivity contribution is -0.00728. The van der Waals surface area contributed by atoms with Gasteiger partial charge in [-0.3, -0.25) is 0 Å². The molecule has 1 aliphatic rings. The van der Waals surface area contributed by atoms with Crippen molar-refractivity contribution in [2.24, 2.45) is 5.41 Å². The van der Waals surface area contributed by atoms with E-state index in [1.165, 1.54) is 21.5 Å². The molecule has 1 saturated heterocycles. The Bertz CT molecular complexity index is 377. The van der Waals surface area contributed by atoms with Crippen LogP contribution in [0.3, 0.4) is 0 Å². The molecule has 0 amide bonds. The third kappa shape index (κ3) is 4.83. The molecule has 1 aromatic heterocycles. The number of hydrogen-bond donors (Lipinski definition) is 1. The van der Waals surface area contributed by atoms with Crippen molar-refractivity contribution in [3.05, 3.63) is 20.8 Å². The summed E-state index contributed by atoms with van der Waals surface area (Å²) in [7, 11) is 1.74. The molecule has 0 bridgehead atoms. The normalized spacial score (nSPS) is 23.7. The number of nitrogens with one attached hydrogen (secondary N) is 1. The number of rotatable bonds is 7.